The molecule has 0 radical (unpaired) electrons. The summed E-state index contributed by atoms with van der Waals surface area (Å²) in [6.07, 6.45) is 9.32. The number of amides is 1. The molecule has 0 saturated carbocycles. The lowest BCUT2D eigenvalue weighted by Gasteiger charge is -2.31. The highest BCUT2D eigenvalue weighted by atomic mass is 16.3. The zero-order chi connectivity index (χ0) is 18.8. The number of piperidine rings is 1. The standard InChI is InChI=1S/C18H23N7O2/c1-3-14-16(20-12-27-14)18(26)25-7-4-5-13(9-25)17-22-21-15(23(17)2)10-24-8-6-19-11-24/h6,8,11-13H,3-5,7,9-10H2,1-2H3. The molecule has 9 heteroatoms. The molecule has 1 aliphatic rings. The summed E-state index contributed by atoms with van der Waals surface area (Å²) in [5, 5.41) is 8.76. The van der Waals surface area contributed by atoms with E-state index >= 15 is 0 Å². The molecule has 9 nitrogen and oxygen atoms in total. The molecule has 1 saturated heterocycles. The average Bonchev–Trinajstić information content (AvgIpc) is 3.44. The van der Waals surface area contributed by atoms with Gasteiger partial charge in [0.15, 0.2) is 17.9 Å². The Morgan fingerprint density at radius 1 is 1.37 bits per heavy atom. The van der Waals surface area contributed by atoms with Gasteiger partial charge in [0.2, 0.25) is 0 Å². The molecule has 0 aromatic carbocycles. The molecule has 0 spiro atoms. The molecule has 1 atom stereocenters. The van der Waals surface area contributed by atoms with Crippen LogP contribution in [0.4, 0.5) is 0 Å². The summed E-state index contributed by atoms with van der Waals surface area (Å²) in [7, 11) is 1.98. The summed E-state index contributed by atoms with van der Waals surface area (Å²) in [5.41, 5.74) is 0.428. The topological polar surface area (TPSA) is 94.9 Å². The number of imidazole rings is 1. The number of carbonyl (C=O) groups is 1. The van der Waals surface area contributed by atoms with Gasteiger partial charge in [-0.15, -0.1) is 10.2 Å². The summed E-state index contributed by atoms with van der Waals surface area (Å²) in [5.74, 6) is 2.53. The van der Waals surface area contributed by atoms with Crippen LogP contribution >= 0.6 is 0 Å². The van der Waals surface area contributed by atoms with Crippen LogP contribution in [0.25, 0.3) is 0 Å². The first-order chi connectivity index (χ1) is 13.2. The van der Waals surface area contributed by atoms with Gasteiger partial charge in [0.05, 0.1) is 12.9 Å². The molecule has 1 amide bonds. The van der Waals surface area contributed by atoms with E-state index in [1.807, 2.05) is 34.2 Å². The van der Waals surface area contributed by atoms with Gasteiger partial charge < -0.3 is 18.5 Å². The van der Waals surface area contributed by atoms with Crippen molar-refractivity contribution in [1.82, 2.24) is 34.2 Å². The second-order valence-electron chi connectivity index (χ2n) is 6.84. The third kappa shape index (κ3) is 3.36. The molecular formula is C18H23N7O2. The number of aryl methyl sites for hydroxylation is 1. The molecule has 3 aromatic heterocycles. The molecule has 0 bridgehead atoms. The van der Waals surface area contributed by atoms with Gasteiger partial charge in [-0.05, 0) is 12.8 Å². The summed E-state index contributed by atoms with van der Waals surface area (Å²) in [6.45, 7) is 3.92. The van der Waals surface area contributed by atoms with Crippen LogP contribution in [0, 0.1) is 0 Å². The number of nitrogens with zero attached hydrogens (tertiary/aromatic N) is 7. The van der Waals surface area contributed by atoms with E-state index in [2.05, 4.69) is 20.2 Å². The van der Waals surface area contributed by atoms with Crippen LogP contribution in [0.3, 0.4) is 0 Å². The van der Waals surface area contributed by atoms with Crippen molar-refractivity contribution in [2.45, 2.75) is 38.6 Å². The van der Waals surface area contributed by atoms with Crippen molar-refractivity contribution in [3.8, 4) is 0 Å². The fraction of sp³-hybridized carbons (Fsp3) is 0.500. The first-order valence-electron chi connectivity index (χ1n) is 9.23. The maximum atomic E-state index is 12.9. The maximum Gasteiger partial charge on any atom is 0.276 e. The van der Waals surface area contributed by atoms with Gasteiger partial charge in [0.25, 0.3) is 5.91 Å². The van der Waals surface area contributed by atoms with Gasteiger partial charge in [0, 0.05) is 44.9 Å². The van der Waals surface area contributed by atoms with Gasteiger partial charge in [-0.25, -0.2) is 9.97 Å². The minimum atomic E-state index is -0.0638. The lowest BCUT2D eigenvalue weighted by Crippen LogP contribution is -2.40. The van der Waals surface area contributed by atoms with E-state index in [0.29, 0.717) is 31.0 Å². The number of rotatable bonds is 5. The normalized spacial score (nSPS) is 17.4. The Morgan fingerprint density at radius 3 is 3.04 bits per heavy atom. The minimum Gasteiger partial charge on any atom is -0.448 e. The molecule has 142 valence electrons. The van der Waals surface area contributed by atoms with Crippen molar-refractivity contribution in [2.75, 3.05) is 13.1 Å². The van der Waals surface area contributed by atoms with Crippen molar-refractivity contribution in [3.63, 3.8) is 0 Å². The Kier molecular flexibility index (Phi) is 4.74. The Hall–Kier alpha value is -2.97. The third-order valence-corrected chi connectivity index (χ3v) is 5.12. The van der Waals surface area contributed by atoms with Crippen LogP contribution in [0.5, 0.6) is 0 Å². The molecule has 3 aromatic rings. The lowest BCUT2D eigenvalue weighted by molar-refractivity contribution is 0.0696. The zero-order valence-electron chi connectivity index (χ0n) is 15.6. The van der Waals surface area contributed by atoms with Crippen molar-refractivity contribution in [1.29, 1.82) is 0 Å². The van der Waals surface area contributed by atoms with Crippen molar-refractivity contribution < 1.29 is 9.21 Å². The van der Waals surface area contributed by atoms with Gasteiger partial charge in [-0.3, -0.25) is 4.79 Å². The number of carbonyl (C=O) groups excluding carboxylic acids is 1. The van der Waals surface area contributed by atoms with Gasteiger partial charge in [0.1, 0.15) is 11.6 Å². The molecule has 1 aliphatic heterocycles. The fourth-order valence-corrected chi connectivity index (χ4v) is 3.63. The van der Waals surface area contributed by atoms with Crippen LogP contribution in [-0.2, 0) is 20.0 Å². The van der Waals surface area contributed by atoms with Crippen LogP contribution in [-0.4, -0.2) is 53.2 Å². The molecule has 1 fully saturated rings. The average molecular weight is 369 g/mol. The zero-order valence-corrected chi connectivity index (χ0v) is 15.6. The smallest absolute Gasteiger partial charge is 0.276 e. The SMILES string of the molecule is CCc1ocnc1C(=O)N1CCCC(c2nnc(Cn3ccnc3)n2C)C1. The summed E-state index contributed by atoms with van der Waals surface area (Å²) >= 11 is 0. The second kappa shape index (κ2) is 7.34. The largest absolute Gasteiger partial charge is 0.448 e. The van der Waals surface area contributed by atoms with E-state index in [9.17, 15) is 4.79 Å². The number of oxazole rings is 1. The van der Waals surface area contributed by atoms with Crippen molar-refractivity contribution >= 4 is 5.91 Å². The fourth-order valence-electron chi connectivity index (χ4n) is 3.63. The predicted octanol–water partition coefficient (Wildman–Crippen LogP) is 1.63. The van der Waals surface area contributed by atoms with E-state index < -0.39 is 0 Å². The molecule has 4 rings (SSSR count). The molecule has 0 aliphatic carbocycles. The quantitative estimate of drug-likeness (QED) is 0.678. The minimum absolute atomic E-state index is 0.0638. The van der Waals surface area contributed by atoms with E-state index in [4.69, 9.17) is 4.42 Å². The molecule has 0 N–H and O–H groups in total. The Labute approximate surface area is 157 Å². The lowest BCUT2D eigenvalue weighted by atomic mass is 9.96. The molecule has 4 heterocycles. The highest BCUT2D eigenvalue weighted by Gasteiger charge is 2.30. The number of hydrogen-bond acceptors (Lipinski definition) is 6. The summed E-state index contributed by atoms with van der Waals surface area (Å²) in [6, 6.07) is 0. The van der Waals surface area contributed by atoms with E-state index in [0.717, 1.165) is 31.0 Å². The Balaban J connectivity index is 1.50. The number of aromatic nitrogens is 6. The van der Waals surface area contributed by atoms with Gasteiger partial charge in [-0.1, -0.05) is 6.92 Å². The van der Waals surface area contributed by atoms with E-state index in [1.165, 1.54) is 6.39 Å². The van der Waals surface area contributed by atoms with Gasteiger partial charge >= 0.3 is 0 Å². The third-order valence-electron chi connectivity index (χ3n) is 5.12. The molecule has 27 heavy (non-hydrogen) atoms. The monoisotopic (exact) mass is 369 g/mol. The van der Waals surface area contributed by atoms with Crippen LogP contribution in [0.1, 0.15) is 53.6 Å². The predicted molar refractivity (Wildman–Crippen MR) is 96.1 cm³/mol. The summed E-state index contributed by atoms with van der Waals surface area (Å²) in [4.78, 5) is 22.9. The second-order valence-corrected chi connectivity index (χ2v) is 6.84. The van der Waals surface area contributed by atoms with Crippen molar-refractivity contribution in [3.05, 3.63) is 48.2 Å². The summed E-state index contributed by atoms with van der Waals surface area (Å²) < 4.78 is 9.31. The highest BCUT2D eigenvalue weighted by Crippen LogP contribution is 2.27. The molecule has 1 unspecified atom stereocenters. The highest BCUT2D eigenvalue weighted by molar-refractivity contribution is 5.93. The Bertz CT molecular complexity index is 912. The van der Waals surface area contributed by atoms with Crippen LogP contribution < -0.4 is 0 Å². The number of likely N-dealkylation sites (tertiary alicyclic amines) is 1. The molecular weight excluding hydrogens is 346 g/mol. The maximum absolute atomic E-state index is 12.9. The van der Waals surface area contributed by atoms with Crippen molar-refractivity contribution in [2.24, 2.45) is 7.05 Å². The number of hydrogen-bond donors (Lipinski definition) is 0. The van der Waals surface area contributed by atoms with Crippen LogP contribution in [0.15, 0.2) is 29.5 Å². The van der Waals surface area contributed by atoms with E-state index in [-0.39, 0.29) is 11.8 Å². The van der Waals surface area contributed by atoms with E-state index in [1.54, 1.807) is 12.5 Å². The Morgan fingerprint density at radius 2 is 2.26 bits per heavy atom. The van der Waals surface area contributed by atoms with Gasteiger partial charge in [-0.2, -0.15) is 0 Å². The first kappa shape index (κ1) is 17.4. The van der Waals surface area contributed by atoms with Crippen LogP contribution in [0.2, 0.25) is 0 Å². The first-order valence-corrected chi connectivity index (χ1v) is 9.23.